The summed E-state index contributed by atoms with van der Waals surface area (Å²) < 4.78 is 26.4. The molecule has 1 aromatic carbocycles. The van der Waals surface area contributed by atoms with Gasteiger partial charge < -0.3 is 5.32 Å². The van der Waals surface area contributed by atoms with Gasteiger partial charge in [0.1, 0.15) is 11.6 Å². The van der Waals surface area contributed by atoms with Crippen molar-refractivity contribution in [3.63, 3.8) is 0 Å². The van der Waals surface area contributed by atoms with Gasteiger partial charge in [-0.05, 0) is 12.1 Å². The molecular weight excluding hydrogens is 192 g/mol. The van der Waals surface area contributed by atoms with Crippen LogP contribution in [0, 0.1) is 11.6 Å². The molecule has 0 bridgehead atoms. The molecule has 0 saturated carbocycles. The number of thioether (sulfide) groups is 1. The first kappa shape index (κ1) is 8.97. The van der Waals surface area contributed by atoms with Crippen LogP contribution in [-0.2, 0) is 0 Å². The van der Waals surface area contributed by atoms with Gasteiger partial charge in [-0.3, -0.25) is 0 Å². The minimum Gasteiger partial charge on any atom is -0.301 e. The summed E-state index contributed by atoms with van der Waals surface area (Å²) in [6.45, 7) is 0.809. The van der Waals surface area contributed by atoms with Crippen molar-refractivity contribution < 1.29 is 8.78 Å². The molecule has 13 heavy (non-hydrogen) atoms. The van der Waals surface area contributed by atoms with E-state index in [9.17, 15) is 8.78 Å². The minimum absolute atomic E-state index is 0.157. The molecule has 2 rings (SSSR count). The fourth-order valence-electron chi connectivity index (χ4n) is 1.37. The van der Waals surface area contributed by atoms with Crippen LogP contribution in [0.25, 0.3) is 0 Å². The third kappa shape index (κ3) is 1.69. The van der Waals surface area contributed by atoms with Crippen molar-refractivity contribution >= 4 is 11.8 Å². The highest BCUT2D eigenvalue weighted by atomic mass is 32.2. The van der Waals surface area contributed by atoms with Crippen LogP contribution < -0.4 is 5.32 Å². The Morgan fingerprint density at radius 3 is 2.54 bits per heavy atom. The lowest BCUT2D eigenvalue weighted by molar-refractivity contribution is 0.541. The number of benzene rings is 1. The summed E-state index contributed by atoms with van der Waals surface area (Å²) in [5.41, 5.74) is 0.157. The molecular formula is C9H9F2NS. The Bertz CT molecular complexity index is 290. The van der Waals surface area contributed by atoms with E-state index in [2.05, 4.69) is 5.32 Å². The number of hydrogen-bond acceptors (Lipinski definition) is 2. The fraction of sp³-hybridized carbons (Fsp3) is 0.333. The molecule has 1 aliphatic heterocycles. The predicted octanol–water partition coefficient (Wildman–Crippen LogP) is 2.30. The average Bonchev–Trinajstić information content (AvgIpc) is 2.57. The SMILES string of the molecule is Fc1cccc(F)c1[C@@H]1NCCS1. The molecule has 0 aromatic heterocycles. The first-order valence-electron chi connectivity index (χ1n) is 4.08. The van der Waals surface area contributed by atoms with Gasteiger partial charge in [0.2, 0.25) is 0 Å². The average molecular weight is 201 g/mol. The Balaban J connectivity index is 2.37. The molecule has 0 radical (unpaired) electrons. The highest BCUT2D eigenvalue weighted by molar-refractivity contribution is 7.99. The third-order valence-electron chi connectivity index (χ3n) is 1.98. The van der Waals surface area contributed by atoms with E-state index >= 15 is 0 Å². The Morgan fingerprint density at radius 1 is 1.31 bits per heavy atom. The van der Waals surface area contributed by atoms with E-state index in [0.717, 1.165) is 12.3 Å². The summed E-state index contributed by atoms with van der Waals surface area (Å²) in [5.74, 6) is -0.0304. The van der Waals surface area contributed by atoms with E-state index in [1.165, 1.54) is 30.0 Å². The van der Waals surface area contributed by atoms with Crippen molar-refractivity contribution in [3.8, 4) is 0 Å². The lowest BCUT2D eigenvalue weighted by Crippen LogP contribution is -2.14. The monoisotopic (exact) mass is 201 g/mol. The quantitative estimate of drug-likeness (QED) is 0.748. The first-order chi connectivity index (χ1) is 6.29. The summed E-state index contributed by atoms with van der Waals surface area (Å²) >= 11 is 1.53. The molecule has 1 saturated heterocycles. The molecule has 4 heteroatoms. The molecule has 1 N–H and O–H groups in total. The summed E-state index contributed by atoms with van der Waals surface area (Å²) in [6, 6.07) is 3.96. The second-order valence-corrected chi connectivity index (χ2v) is 4.05. The highest BCUT2D eigenvalue weighted by Gasteiger charge is 2.23. The molecule has 1 atom stereocenters. The van der Waals surface area contributed by atoms with Crippen LogP contribution in [0.15, 0.2) is 18.2 Å². The van der Waals surface area contributed by atoms with Gasteiger partial charge in [-0.1, -0.05) is 6.07 Å². The van der Waals surface area contributed by atoms with Gasteiger partial charge >= 0.3 is 0 Å². The molecule has 1 heterocycles. The first-order valence-corrected chi connectivity index (χ1v) is 5.13. The van der Waals surface area contributed by atoms with Crippen LogP contribution in [0.4, 0.5) is 8.78 Å². The van der Waals surface area contributed by atoms with E-state index in [4.69, 9.17) is 0 Å². The molecule has 0 amide bonds. The molecule has 1 nitrogen and oxygen atoms in total. The smallest absolute Gasteiger partial charge is 0.131 e. The van der Waals surface area contributed by atoms with Crippen LogP contribution in [0.2, 0.25) is 0 Å². The van der Waals surface area contributed by atoms with Crippen LogP contribution in [0.5, 0.6) is 0 Å². The van der Waals surface area contributed by atoms with Gasteiger partial charge in [-0.25, -0.2) is 8.78 Å². The van der Waals surface area contributed by atoms with Crippen LogP contribution in [0.3, 0.4) is 0 Å². The molecule has 0 aliphatic carbocycles. The summed E-state index contributed by atoms with van der Waals surface area (Å²) in [4.78, 5) is 0. The zero-order valence-electron chi connectivity index (χ0n) is 6.89. The number of rotatable bonds is 1. The van der Waals surface area contributed by atoms with Gasteiger partial charge in [0.05, 0.1) is 10.9 Å². The van der Waals surface area contributed by atoms with Gasteiger partial charge in [0.25, 0.3) is 0 Å². The van der Waals surface area contributed by atoms with Crippen molar-refractivity contribution in [2.45, 2.75) is 5.37 Å². The summed E-state index contributed by atoms with van der Waals surface area (Å²) in [6.07, 6.45) is 0. The Hall–Kier alpha value is -0.610. The predicted molar refractivity (Wildman–Crippen MR) is 49.6 cm³/mol. The van der Waals surface area contributed by atoms with E-state index in [1.807, 2.05) is 0 Å². The summed E-state index contributed by atoms with van der Waals surface area (Å²) in [5, 5.41) is 2.82. The minimum atomic E-state index is -0.466. The number of halogens is 2. The second-order valence-electron chi connectivity index (χ2n) is 2.84. The molecule has 0 spiro atoms. The standard InChI is InChI=1S/C9H9F2NS/c10-6-2-1-3-7(11)8(6)9-12-4-5-13-9/h1-3,9,12H,4-5H2/t9-/m1/s1. The van der Waals surface area contributed by atoms with E-state index in [-0.39, 0.29) is 10.9 Å². The maximum Gasteiger partial charge on any atom is 0.131 e. The largest absolute Gasteiger partial charge is 0.301 e. The van der Waals surface area contributed by atoms with E-state index in [1.54, 1.807) is 0 Å². The van der Waals surface area contributed by atoms with Crippen molar-refractivity contribution in [1.29, 1.82) is 0 Å². The normalized spacial score (nSPS) is 22.2. The molecule has 0 unspecified atom stereocenters. The van der Waals surface area contributed by atoms with Crippen molar-refractivity contribution in [2.75, 3.05) is 12.3 Å². The number of hydrogen-bond donors (Lipinski definition) is 1. The lowest BCUT2D eigenvalue weighted by Gasteiger charge is -2.11. The Kier molecular flexibility index (Phi) is 2.51. The van der Waals surface area contributed by atoms with Gasteiger partial charge in [-0.2, -0.15) is 0 Å². The second kappa shape index (κ2) is 3.64. The number of nitrogens with one attached hydrogen (secondary N) is 1. The van der Waals surface area contributed by atoms with Crippen molar-refractivity contribution in [3.05, 3.63) is 35.4 Å². The highest BCUT2D eigenvalue weighted by Crippen LogP contribution is 2.32. The van der Waals surface area contributed by atoms with Gasteiger partial charge in [0.15, 0.2) is 0 Å². The van der Waals surface area contributed by atoms with Crippen LogP contribution >= 0.6 is 11.8 Å². The molecule has 1 aromatic rings. The maximum atomic E-state index is 13.2. The molecule has 1 aliphatic rings. The molecule has 1 fully saturated rings. The van der Waals surface area contributed by atoms with E-state index in [0.29, 0.717) is 0 Å². The third-order valence-corrected chi connectivity index (χ3v) is 3.15. The van der Waals surface area contributed by atoms with Crippen molar-refractivity contribution in [2.24, 2.45) is 0 Å². The Labute approximate surface area is 79.5 Å². The topological polar surface area (TPSA) is 12.0 Å². The fourth-order valence-corrected chi connectivity index (χ4v) is 2.47. The lowest BCUT2D eigenvalue weighted by atomic mass is 10.2. The zero-order valence-corrected chi connectivity index (χ0v) is 7.70. The zero-order chi connectivity index (χ0) is 9.26. The summed E-state index contributed by atoms with van der Waals surface area (Å²) in [7, 11) is 0. The van der Waals surface area contributed by atoms with Gasteiger partial charge in [-0.15, -0.1) is 11.8 Å². The van der Waals surface area contributed by atoms with Crippen LogP contribution in [0.1, 0.15) is 10.9 Å². The molecule has 70 valence electrons. The van der Waals surface area contributed by atoms with Crippen LogP contribution in [-0.4, -0.2) is 12.3 Å². The van der Waals surface area contributed by atoms with Crippen molar-refractivity contribution in [1.82, 2.24) is 5.32 Å². The van der Waals surface area contributed by atoms with E-state index < -0.39 is 11.6 Å². The Morgan fingerprint density at radius 2 is 2.00 bits per heavy atom. The van der Waals surface area contributed by atoms with Gasteiger partial charge in [0, 0.05) is 12.3 Å². The maximum absolute atomic E-state index is 13.2.